The lowest BCUT2D eigenvalue weighted by molar-refractivity contribution is -0.137. The van der Waals surface area contributed by atoms with E-state index in [1.807, 2.05) is 0 Å². The molecule has 0 aliphatic carbocycles. The van der Waals surface area contributed by atoms with Crippen molar-refractivity contribution in [1.82, 2.24) is 4.31 Å². The topological polar surface area (TPSA) is 98.5 Å². The second kappa shape index (κ2) is 5.82. The van der Waals surface area contributed by atoms with E-state index in [1.165, 1.54) is 18.2 Å². The van der Waals surface area contributed by atoms with E-state index in [2.05, 4.69) is 0 Å². The first-order valence-electron chi connectivity index (χ1n) is 5.53. The maximum atomic E-state index is 12.4. The van der Waals surface area contributed by atoms with Crippen LogP contribution in [0.1, 0.15) is 19.4 Å². The number of carboxylic acid groups (broad SMARTS) is 1. The standard InChI is InChI=1S/C12H14N2O4S/c1-9(2)14(8-12(15)16)19(17,18)11-6-4-3-5-10(11)7-13/h3-6,9H,8H2,1-2H3,(H,15,16). The van der Waals surface area contributed by atoms with Crippen LogP contribution in [0.5, 0.6) is 0 Å². The molecule has 19 heavy (non-hydrogen) atoms. The van der Waals surface area contributed by atoms with Gasteiger partial charge in [0.2, 0.25) is 10.0 Å². The van der Waals surface area contributed by atoms with E-state index < -0.39 is 28.6 Å². The first-order chi connectivity index (χ1) is 8.80. The minimum atomic E-state index is -4.01. The normalized spacial score (nSPS) is 11.5. The van der Waals surface area contributed by atoms with E-state index in [-0.39, 0.29) is 10.5 Å². The molecule has 0 bridgehead atoms. The maximum absolute atomic E-state index is 12.4. The van der Waals surface area contributed by atoms with Crippen molar-refractivity contribution in [3.63, 3.8) is 0 Å². The number of nitriles is 1. The minimum Gasteiger partial charge on any atom is -0.480 e. The Morgan fingerprint density at radius 1 is 1.42 bits per heavy atom. The van der Waals surface area contributed by atoms with Gasteiger partial charge in [0, 0.05) is 6.04 Å². The highest BCUT2D eigenvalue weighted by atomic mass is 32.2. The van der Waals surface area contributed by atoms with Crippen molar-refractivity contribution < 1.29 is 18.3 Å². The van der Waals surface area contributed by atoms with Gasteiger partial charge in [-0.15, -0.1) is 0 Å². The van der Waals surface area contributed by atoms with Crippen LogP contribution in [0.2, 0.25) is 0 Å². The van der Waals surface area contributed by atoms with Gasteiger partial charge in [-0.2, -0.15) is 9.57 Å². The van der Waals surface area contributed by atoms with Crippen LogP contribution in [0.25, 0.3) is 0 Å². The van der Waals surface area contributed by atoms with Crippen molar-refractivity contribution in [3.8, 4) is 6.07 Å². The van der Waals surface area contributed by atoms with Gasteiger partial charge in [-0.05, 0) is 26.0 Å². The average Bonchev–Trinajstić information content (AvgIpc) is 2.35. The lowest BCUT2D eigenvalue weighted by atomic mass is 10.2. The molecule has 1 rings (SSSR count). The highest BCUT2D eigenvalue weighted by Crippen LogP contribution is 2.21. The van der Waals surface area contributed by atoms with Gasteiger partial charge in [0.25, 0.3) is 0 Å². The SMILES string of the molecule is CC(C)N(CC(=O)O)S(=O)(=O)c1ccccc1C#N. The summed E-state index contributed by atoms with van der Waals surface area (Å²) in [6.45, 7) is 2.52. The van der Waals surface area contributed by atoms with Gasteiger partial charge in [-0.1, -0.05) is 12.1 Å². The molecular formula is C12H14N2O4S. The van der Waals surface area contributed by atoms with Gasteiger partial charge in [0.15, 0.2) is 0 Å². The average molecular weight is 282 g/mol. The number of aliphatic carboxylic acids is 1. The fraction of sp³-hybridized carbons (Fsp3) is 0.333. The van der Waals surface area contributed by atoms with Crippen LogP contribution in [-0.2, 0) is 14.8 Å². The molecule has 0 aromatic heterocycles. The summed E-state index contributed by atoms with van der Waals surface area (Å²) in [5.74, 6) is -1.24. The van der Waals surface area contributed by atoms with E-state index in [4.69, 9.17) is 10.4 Å². The van der Waals surface area contributed by atoms with Gasteiger partial charge < -0.3 is 5.11 Å². The second-order valence-corrected chi connectivity index (χ2v) is 6.00. The number of nitrogens with zero attached hydrogens (tertiary/aromatic N) is 2. The monoisotopic (exact) mass is 282 g/mol. The minimum absolute atomic E-state index is 0.00135. The molecule has 6 nitrogen and oxygen atoms in total. The Balaban J connectivity index is 3.36. The van der Waals surface area contributed by atoms with Crippen LogP contribution in [0.15, 0.2) is 29.2 Å². The predicted molar refractivity (Wildman–Crippen MR) is 67.8 cm³/mol. The van der Waals surface area contributed by atoms with E-state index in [0.717, 1.165) is 4.31 Å². The van der Waals surface area contributed by atoms with Crippen LogP contribution < -0.4 is 0 Å². The molecule has 102 valence electrons. The molecule has 0 saturated carbocycles. The van der Waals surface area contributed by atoms with Crippen LogP contribution in [0.3, 0.4) is 0 Å². The van der Waals surface area contributed by atoms with Crippen molar-refractivity contribution in [2.45, 2.75) is 24.8 Å². The highest BCUT2D eigenvalue weighted by Gasteiger charge is 2.30. The summed E-state index contributed by atoms with van der Waals surface area (Å²) >= 11 is 0. The molecule has 0 unspecified atom stereocenters. The van der Waals surface area contributed by atoms with Gasteiger partial charge >= 0.3 is 5.97 Å². The largest absolute Gasteiger partial charge is 0.480 e. The fourth-order valence-electron chi connectivity index (χ4n) is 1.59. The Labute approximate surface area is 111 Å². The van der Waals surface area contributed by atoms with Crippen LogP contribution >= 0.6 is 0 Å². The summed E-state index contributed by atoms with van der Waals surface area (Å²) in [6, 6.07) is 7.00. The molecule has 7 heteroatoms. The molecule has 0 fully saturated rings. The third-order valence-corrected chi connectivity index (χ3v) is 4.54. The zero-order chi connectivity index (χ0) is 14.6. The molecular weight excluding hydrogens is 268 g/mol. The van der Waals surface area contributed by atoms with E-state index in [9.17, 15) is 13.2 Å². The summed E-state index contributed by atoms with van der Waals surface area (Å²) in [5, 5.41) is 17.7. The number of hydrogen-bond acceptors (Lipinski definition) is 4. The van der Waals surface area contributed by atoms with Crippen molar-refractivity contribution in [1.29, 1.82) is 5.26 Å². The van der Waals surface area contributed by atoms with E-state index in [0.29, 0.717) is 0 Å². The quantitative estimate of drug-likeness (QED) is 0.870. The van der Waals surface area contributed by atoms with Gasteiger partial charge in [0.05, 0.1) is 10.5 Å². The van der Waals surface area contributed by atoms with Crippen LogP contribution in [-0.4, -0.2) is 36.4 Å². The molecule has 1 aromatic rings. The van der Waals surface area contributed by atoms with Crippen LogP contribution in [0.4, 0.5) is 0 Å². The molecule has 1 N–H and O–H groups in total. The lowest BCUT2D eigenvalue weighted by Gasteiger charge is -2.24. The van der Waals surface area contributed by atoms with Crippen molar-refractivity contribution in [3.05, 3.63) is 29.8 Å². The summed E-state index contributed by atoms with van der Waals surface area (Å²) in [6.07, 6.45) is 0. The smallest absolute Gasteiger partial charge is 0.318 e. The second-order valence-electron chi connectivity index (χ2n) is 4.15. The van der Waals surface area contributed by atoms with Gasteiger partial charge in [-0.3, -0.25) is 4.79 Å². The molecule has 0 aliphatic rings. The number of carboxylic acids is 1. The zero-order valence-electron chi connectivity index (χ0n) is 10.6. The van der Waals surface area contributed by atoms with Crippen LogP contribution in [0, 0.1) is 11.3 Å². The molecule has 0 aliphatic heterocycles. The number of benzene rings is 1. The summed E-state index contributed by atoms with van der Waals surface area (Å²) < 4.78 is 25.7. The van der Waals surface area contributed by atoms with Gasteiger partial charge in [-0.25, -0.2) is 8.42 Å². The first kappa shape index (κ1) is 15.1. The van der Waals surface area contributed by atoms with E-state index in [1.54, 1.807) is 26.0 Å². The Hall–Kier alpha value is -1.91. The molecule has 0 amide bonds. The molecule has 0 atom stereocenters. The molecule has 0 heterocycles. The summed E-state index contributed by atoms with van der Waals surface area (Å²) in [7, 11) is -4.01. The first-order valence-corrected chi connectivity index (χ1v) is 6.97. The lowest BCUT2D eigenvalue weighted by Crippen LogP contribution is -2.40. The third-order valence-electron chi connectivity index (χ3n) is 2.46. The fourth-order valence-corrected chi connectivity index (χ4v) is 3.32. The van der Waals surface area contributed by atoms with Gasteiger partial charge in [0.1, 0.15) is 12.6 Å². The predicted octanol–water partition coefficient (Wildman–Crippen LogP) is 1.04. The van der Waals surface area contributed by atoms with Crippen molar-refractivity contribution >= 4 is 16.0 Å². The molecule has 0 saturated heterocycles. The number of sulfonamides is 1. The maximum Gasteiger partial charge on any atom is 0.318 e. The van der Waals surface area contributed by atoms with Crippen molar-refractivity contribution in [2.75, 3.05) is 6.54 Å². The third kappa shape index (κ3) is 3.30. The Morgan fingerprint density at radius 3 is 2.47 bits per heavy atom. The summed E-state index contributed by atoms with van der Waals surface area (Å²) in [4.78, 5) is 10.6. The zero-order valence-corrected chi connectivity index (χ0v) is 11.4. The highest BCUT2D eigenvalue weighted by molar-refractivity contribution is 7.89. The van der Waals surface area contributed by atoms with Crippen molar-refractivity contribution in [2.24, 2.45) is 0 Å². The van der Waals surface area contributed by atoms with E-state index >= 15 is 0 Å². The Morgan fingerprint density at radius 2 is 2.00 bits per heavy atom. The molecule has 0 spiro atoms. The Bertz CT molecular complexity index is 617. The molecule has 1 aromatic carbocycles. The number of hydrogen-bond donors (Lipinski definition) is 1. The number of carbonyl (C=O) groups is 1. The Kier molecular flexibility index (Phi) is 4.64. The number of rotatable bonds is 5. The molecule has 0 radical (unpaired) electrons. The summed E-state index contributed by atoms with van der Waals surface area (Å²) in [5.41, 5.74) is -0.00135.